The van der Waals surface area contributed by atoms with Gasteiger partial charge >= 0.3 is 0 Å². The Morgan fingerprint density at radius 3 is 2.81 bits per heavy atom. The lowest BCUT2D eigenvalue weighted by molar-refractivity contribution is 0.698. The van der Waals surface area contributed by atoms with Gasteiger partial charge in [-0.3, -0.25) is 4.68 Å². The molecule has 0 aliphatic carbocycles. The van der Waals surface area contributed by atoms with Crippen molar-refractivity contribution in [2.24, 2.45) is 7.05 Å². The molecule has 0 aliphatic rings. The fourth-order valence-electron chi connectivity index (χ4n) is 1.40. The normalized spacial score (nSPS) is 10.0. The minimum absolute atomic E-state index is 0.642. The summed E-state index contributed by atoms with van der Waals surface area (Å²) >= 11 is 1.64. The predicted octanol–water partition coefficient (Wildman–Crippen LogP) is 2.58. The van der Waals surface area contributed by atoms with Crippen LogP contribution in [-0.4, -0.2) is 9.78 Å². The number of thioether (sulfide) groups is 1. The van der Waals surface area contributed by atoms with E-state index in [0.29, 0.717) is 5.56 Å². The molecule has 4 heteroatoms. The van der Waals surface area contributed by atoms with Crippen LogP contribution >= 0.6 is 11.8 Å². The SMILES string of the molecule is Cn1ncc(C#N)c1SCc1ccccc1. The van der Waals surface area contributed by atoms with E-state index in [1.807, 2.05) is 25.2 Å². The van der Waals surface area contributed by atoms with E-state index in [0.717, 1.165) is 10.8 Å². The fraction of sp³-hybridized carbons (Fsp3) is 0.167. The molecule has 0 unspecified atom stereocenters. The maximum Gasteiger partial charge on any atom is 0.112 e. The molecule has 0 saturated heterocycles. The summed E-state index contributed by atoms with van der Waals surface area (Å²) < 4.78 is 1.74. The molecule has 0 fully saturated rings. The first-order valence-electron chi connectivity index (χ1n) is 4.90. The number of hydrogen-bond donors (Lipinski definition) is 0. The predicted molar refractivity (Wildman–Crippen MR) is 63.9 cm³/mol. The highest BCUT2D eigenvalue weighted by Crippen LogP contribution is 2.24. The average Bonchev–Trinajstić information content (AvgIpc) is 2.69. The van der Waals surface area contributed by atoms with E-state index in [2.05, 4.69) is 23.3 Å². The highest BCUT2D eigenvalue weighted by atomic mass is 32.2. The Kier molecular flexibility index (Phi) is 3.28. The molecule has 0 saturated carbocycles. The molecule has 0 N–H and O–H groups in total. The van der Waals surface area contributed by atoms with Gasteiger partial charge < -0.3 is 0 Å². The molecule has 0 aliphatic heterocycles. The van der Waals surface area contributed by atoms with Gasteiger partial charge in [0.05, 0.1) is 6.20 Å². The van der Waals surface area contributed by atoms with Gasteiger partial charge in [-0.1, -0.05) is 30.3 Å². The van der Waals surface area contributed by atoms with E-state index >= 15 is 0 Å². The van der Waals surface area contributed by atoms with Crippen molar-refractivity contribution in [1.82, 2.24) is 9.78 Å². The van der Waals surface area contributed by atoms with Gasteiger partial charge in [0.1, 0.15) is 16.7 Å². The molecule has 0 radical (unpaired) electrons. The third-order valence-corrected chi connectivity index (χ3v) is 3.46. The zero-order valence-corrected chi connectivity index (χ0v) is 9.74. The summed E-state index contributed by atoms with van der Waals surface area (Å²) in [6, 6.07) is 12.3. The number of rotatable bonds is 3. The maximum atomic E-state index is 8.91. The molecule has 1 heterocycles. The number of aryl methyl sites for hydroxylation is 1. The Labute approximate surface area is 98.7 Å². The standard InChI is InChI=1S/C12H11N3S/c1-15-12(11(7-13)8-14-15)16-9-10-5-3-2-4-6-10/h2-6,8H,9H2,1H3. The Bertz CT molecular complexity index is 511. The second kappa shape index (κ2) is 4.86. The van der Waals surface area contributed by atoms with Crippen LogP contribution in [0, 0.1) is 11.3 Å². The summed E-state index contributed by atoms with van der Waals surface area (Å²) in [6.07, 6.45) is 1.60. The van der Waals surface area contributed by atoms with Crippen LogP contribution in [0.15, 0.2) is 41.6 Å². The smallest absolute Gasteiger partial charge is 0.112 e. The first-order chi connectivity index (χ1) is 7.81. The third kappa shape index (κ3) is 2.26. The first-order valence-corrected chi connectivity index (χ1v) is 5.88. The summed E-state index contributed by atoms with van der Waals surface area (Å²) in [4.78, 5) is 0. The summed E-state index contributed by atoms with van der Waals surface area (Å²) in [5.41, 5.74) is 1.89. The van der Waals surface area contributed by atoms with Gasteiger partial charge in [-0.05, 0) is 5.56 Å². The average molecular weight is 229 g/mol. The molecule has 2 rings (SSSR count). The van der Waals surface area contributed by atoms with Gasteiger partial charge in [0.25, 0.3) is 0 Å². The van der Waals surface area contributed by atoms with E-state index in [1.54, 1.807) is 22.6 Å². The van der Waals surface area contributed by atoms with E-state index in [-0.39, 0.29) is 0 Å². The summed E-state index contributed by atoms with van der Waals surface area (Å²) in [5.74, 6) is 0.856. The molecule has 1 aromatic heterocycles. The van der Waals surface area contributed by atoms with Crippen molar-refractivity contribution in [3.63, 3.8) is 0 Å². The van der Waals surface area contributed by atoms with E-state index in [1.165, 1.54) is 5.56 Å². The van der Waals surface area contributed by atoms with Crippen LogP contribution in [0.2, 0.25) is 0 Å². The molecule has 0 atom stereocenters. The molecule has 80 valence electrons. The first kappa shape index (κ1) is 10.8. The molecule has 0 bridgehead atoms. The Hall–Kier alpha value is -1.73. The monoisotopic (exact) mass is 229 g/mol. The van der Waals surface area contributed by atoms with Crippen LogP contribution in [0.5, 0.6) is 0 Å². The summed E-state index contributed by atoms with van der Waals surface area (Å²) in [7, 11) is 1.86. The van der Waals surface area contributed by atoms with E-state index in [4.69, 9.17) is 5.26 Å². The van der Waals surface area contributed by atoms with Gasteiger partial charge in [0, 0.05) is 12.8 Å². The lowest BCUT2D eigenvalue weighted by Crippen LogP contribution is -1.93. The number of hydrogen-bond acceptors (Lipinski definition) is 3. The van der Waals surface area contributed by atoms with Crippen molar-refractivity contribution < 1.29 is 0 Å². The van der Waals surface area contributed by atoms with Gasteiger partial charge in [-0.15, -0.1) is 11.8 Å². The van der Waals surface area contributed by atoms with Gasteiger partial charge in [0.15, 0.2) is 0 Å². The summed E-state index contributed by atoms with van der Waals surface area (Å²) in [6.45, 7) is 0. The van der Waals surface area contributed by atoms with Crippen LogP contribution in [0.4, 0.5) is 0 Å². The van der Waals surface area contributed by atoms with Crippen LogP contribution in [0.1, 0.15) is 11.1 Å². The number of nitrogens with zero attached hydrogens (tertiary/aromatic N) is 3. The maximum absolute atomic E-state index is 8.91. The molecular formula is C12H11N3S. The topological polar surface area (TPSA) is 41.6 Å². The van der Waals surface area contributed by atoms with Crippen LogP contribution in [0.3, 0.4) is 0 Å². The van der Waals surface area contributed by atoms with Crippen LogP contribution in [-0.2, 0) is 12.8 Å². The Morgan fingerprint density at radius 1 is 1.38 bits per heavy atom. The van der Waals surface area contributed by atoms with Crippen molar-refractivity contribution in [2.75, 3.05) is 0 Å². The molecular weight excluding hydrogens is 218 g/mol. The zero-order valence-electron chi connectivity index (χ0n) is 8.92. The molecule has 0 spiro atoms. The minimum Gasteiger partial charge on any atom is -0.261 e. The van der Waals surface area contributed by atoms with Crippen molar-refractivity contribution in [1.29, 1.82) is 5.26 Å². The molecule has 0 amide bonds. The van der Waals surface area contributed by atoms with Crippen molar-refractivity contribution >= 4 is 11.8 Å². The number of nitriles is 1. The Morgan fingerprint density at radius 2 is 2.12 bits per heavy atom. The lowest BCUT2D eigenvalue weighted by Gasteiger charge is -2.02. The molecule has 3 nitrogen and oxygen atoms in total. The zero-order chi connectivity index (χ0) is 11.4. The van der Waals surface area contributed by atoms with Crippen molar-refractivity contribution in [3.8, 4) is 6.07 Å². The molecule has 16 heavy (non-hydrogen) atoms. The minimum atomic E-state index is 0.642. The fourth-order valence-corrected chi connectivity index (χ4v) is 2.38. The highest BCUT2D eigenvalue weighted by molar-refractivity contribution is 7.98. The van der Waals surface area contributed by atoms with Crippen LogP contribution < -0.4 is 0 Å². The highest BCUT2D eigenvalue weighted by Gasteiger charge is 2.08. The largest absolute Gasteiger partial charge is 0.261 e. The van der Waals surface area contributed by atoms with Crippen molar-refractivity contribution in [3.05, 3.63) is 47.7 Å². The molecule has 2 aromatic rings. The second-order valence-corrected chi connectivity index (χ2v) is 4.34. The molecule has 1 aromatic carbocycles. The van der Waals surface area contributed by atoms with E-state index in [9.17, 15) is 0 Å². The van der Waals surface area contributed by atoms with Gasteiger partial charge in [0.2, 0.25) is 0 Å². The van der Waals surface area contributed by atoms with Crippen molar-refractivity contribution in [2.45, 2.75) is 10.8 Å². The second-order valence-electron chi connectivity index (χ2n) is 3.37. The number of aromatic nitrogens is 2. The summed E-state index contributed by atoms with van der Waals surface area (Å²) in [5, 5.41) is 13.9. The van der Waals surface area contributed by atoms with Gasteiger partial charge in [-0.25, -0.2) is 0 Å². The van der Waals surface area contributed by atoms with E-state index < -0.39 is 0 Å². The Balaban J connectivity index is 2.11. The quantitative estimate of drug-likeness (QED) is 0.760. The van der Waals surface area contributed by atoms with Crippen LogP contribution in [0.25, 0.3) is 0 Å². The number of benzene rings is 1. The third-order valence-electron chi connectivity index (χ3n) is 2.22. The lowest BCUT2D eigenvalue weighted by atomic mass is 10.2. The van der Waals surface area contributed by atoms with Gasteiger partial charge in [-0.2, -0.15) is 10.4 Å².